The Balaban J connectivity index is 2.01. The SMILES string of the molecule is Cc1ccc(Cl)c(NC(=O)C(=O)N(C)C2CCS(=O)CC2)c1. The van der Waals surface area contributed by atoms with Gasteiger partial charge in [-0.15, -0.1) is 0 Å². The van der Waals surface area contributed by atoms with Gasteiger partial charge >= 0.3 is 11.8 Å². The van der Waals surface area contributed by atoms with Crippen LogP contribution in [-0.2, 0) is 20.4 Å². The van der Waals surface area contributed by atoms with Crippen molar-refractivity contribution in [3.8, 4) is 0 Å². The van der Waals surface area contributed by atoms with Crippen molar-refractivity contribution in [2.24, 2.45) is 0 Å². The molecule has 1 aliphatic rings. The summed E-state index contributed by atoms with van der Waals surface area (Å²) in [6, 6.07) is 5.19. The van der Waals surface area contributed by atoms with Crippen LogP contribution in [0.25, 0.3) is 0 Å². The fraction of sp³-hybridized carbons (Fsp3) is 0.467. The smallest absolute Gasteiger partial charge is 0.313 e. The predicted molar refractivity (Wildman–Crippen MR) is 88.5 cm³/mol. The molecule has 1 aliphatic heterocycles. The van der Waals surface area contributed by atoms with Crippen LogP contribution in [-0.4, -0.2) is 45.5 Å². The summed E-state index contributed by atoms with van der Waals surface area (Å²) in [6.45, 7) is 1.88. The van der Waals surface area contributed by atoms with Gasteiger partial charge in [0.15, 0.2) is 0 Å². The molecule has 5 nitrogen and oxygen atoms in total. The summed E-state index contributed by atoms with van der Waals surface area (Å²) in [6.07, 6.45) is 1.32. The van der Waals surface area contributed by atoms with Crippen LogP contribution in [0.4, 0.5) is 5.69 Å². The summed E-state index contributed by atoms with van der Waals surface area (Å²) in [4.78, 5) is 25.8. The number of aryl methyl sites for hydroxylation is 1. The summed E-state index contributed by atoms with van der Waals surface area (Å²) in [5.74, 6) is -0.154. The molecule has 0 aromatic heterocycles. The summed E-state index contributed by atoms with van der Waals surface area (Å²) in [5, 5.41) is 2.95. The molecule has 7 heteroatoms. The van der Waals surface area contributed by atoms with Crippen LogP contribution in [0, 0.1) is 6.92 Å². The van der Waals surface area contributed by atoms with Gasteiger partial charge in [-0.2, -0.15) is 0 Å². The Morgan fingerprint density at radius 1 is 1.32 bits per heavy atom. The van der Waals surface area contributed by atoms with Crippen LogP contribution >= 0.6 is 11.6 Å². The Hall–Kier alpha value is -1.40. The number of carbonyl (C=O) groups is 2. The van der Waals surface area contributed by atoms with Crippen molar-refractivity contribution in [1.82, 2.24) is 4.90 Å². The topological polar surface area (TPSA) is 66.5 Å². The van der Waals surface area contributed by atoms with E-state index in [1.165, 1.54) is 4.90 Å². The molecule has 2 amide bonds. The normalized spacial score (nSPS) is 21.2. The summed E-state index contributed by atoms with van der Waals surface area (Å²) in [7, 11) is 0.815. The second-order valence-corrected chi connectivity index (χ2v) is 7.54. The molecule has 1 aromatic rings. The number of halogens is 1. The molecule has 0 bridgehead atoms. The minimum atomic E-state index is -0.795. The number of hydrogen-bond donors (Lipinski definition) is 1. The molecule has 0 radical (unpaired) electrons. The van der Waals surface area contributed by atoms with Gasteiger partial charge in [0.1, 0.15) is 0 Å². The largest absolute Gasteiger partial charge is 0.334 e. The zero-order chi connectivity index (χ0) is 16.3. The van der Waals surface area contributed by atoms with Gasteiger partial charge in [-0.05, 0) is 37.5 Å². The van der Waals surface area contributed by atoms with E-state index in [4.69, 9.17) is 11.6 Å². The fourth-order valence-electron chi connectivity index (χ4n) is 2.41. The zero-order valence-electron chi connectivity index (χ0n) is 12.6. The lowest BCUT2D eigenvalue weighted by atomic mass is 10.1. The van der Waals surface area contributed by atoms with Crippen LogP contribution in [0.3, 0.4) is 0 Å². The maximum atomic E-state index is 12.2. The standard InChI is InChI=1S/C15H19ClN2O3S/c1-10-3-4-12(16)13(9-10)17-14(19)15(20)18(2)11-5-7-22(21)8-6-11/h3-4,9,11H,5-8H2,1-2H3,(H,17,19). The quantitative estimate of drug-likeness (QED) is 0.835. The minimum Gasteiger partial charge on any atom is -0.334 e. The Morgan fingerprint density at radius 3 is 2.59 bits per heavy atom. The van der Waals surface area contributed by atoms with Gasteiger partial charge in [-0.25, -0.2) is 0 Å². The van der Waals surface area contributed by atoms with Crippen molar-refractivity contribution in [2.45, 2.75) is 25.8 Å². The van der Waals surface area contributed by atoms with E-state index in [9.17, 15) is 13.8 Å². The van der Waals surface area contributed by atoms with Gasteiger partial charge in [-0.3, -0.25) is 13.8 Å². The average molecular weight is 343 g/mol. The highest BCUT2D eigenvalue weighted by atomic mass is 35.5. The highest BCUT2D eigenvalue weighted by Crippen LogP contribution is 2.23. The number of carbonyl (C=O) groups excluding carboxylic acids is 2. The Morgan fingerprint density at radius 2 is 1.95 bits per heavy atom. The van der Waals surface area contributed by atoms with Crippen LogP contribution in [0.1, 0.15) is 18.4 Å². The van der Waals surface area contributed by atoms with Gasteiger partial charge < -0.3 is 10.2 Å². The van der Waals surface area contributed by atoms with Crippen molar-refractivity contribution in [1.29, 1.82) is 0 Å². The number of rotatable bonds is 2. The molecule has 1 fully saturated rings. The first-order chi connectivity index (χ1) is 10.4. The predicted octanol–water partition coefficient (Wildman–Crippen LogP) is 1.96. The lowest BCUT2D eigenvalue weighted by molar-refractivity contribution is -0.143. The summed E-state index contributed by atoms with van der Waals surface area (Å²) in [5.41, 5.74) is 1.37. The van der Waals surface area contributed by atoms with Gasteiger partial charge in [0.05, 0.1) is 10.7 Å². The molecule has 1 aromatic carbocycles. The van der Waals surface area contributed by atoms with E-state index in [1.807, 2.05) is 13.0 Å². The molecular weight excluding hydrogens is 324 g/mol. The number of amides is 2. The molecular formula is C15H19ClN2O3S. The Bertz CT molecular complexity index is 611. The number of anilines is 1. The Labute approximate surface area is 137 Å². The Kier molecular flexibility index (Phi) is 5.58. The van der Waals surface area contributed by atoms with Gasteiger partial charge in [0.2, 0.25) is 0 Å². The van der Waals surface area contributed by atoms with Crippen molar-refractivity contribution in [3.63, 3.8) is 0 Å². The number of nitrogens with one attached hydrogen (secondary N) is 1. The number of likely N-dealkylation sites (N-methyl/N-ethyl adjacent to an activating group) is 1. The second-order valence-electron chi connectivity index (χ2n) is 5.43. The average Bonchev–Trinajstić information content (AvgIpc) is 2.50. The molecule has 22 heavy (non-hydrogen) atoms. The molecule has 0 saturated carbocycles. The first-order valence-electron chi connectivity index (χ1n) is 7.07. The fourth-order valence-corrected chi connectivity index (χ4v) is 3.84. The highest BCUT2D eigenvalue weighted by Gasteiger charge is 2.28. The number of hydrogen-bond acceptors (Lipinski definition) is 3. The molecule has 1 saturated heterocycles. The third kappa shape index (κ3) is 4.08. The highest BCUT2D eigenvalue weighted by molar-refractivity contribution is 7.85. The number of nitrogens with zero attached hydrogens (tertiary/aromatic N) is 1. The van der Waals surface area contributed by atoms with Crippen molar-refractivity contribution >= 4 is 39.9 Å². The maximum absolute atomic E-state index is 12.2. The van der Waals surface area contributed by atoms with E-state index in [2.05, 4.69) is 5.32 Å². The van der Waals surface area contributed by atoms with Crippen molar-refractivity contribution in [2.75, 3.05) is 23.9 Å². The lowest BCUT2D eigenvalue weighted by Gasteiger charge is -2.30. The molecule has 0 aliphatic carbocycles. The van der Waals surface area contributed by atoms with E-state index in [-0.39, 0.29) is 6.04 Å². The van der Waals surface area contributed by atoms with Gasteiger partial charge in [-0.1, -0.05) is 17.7 Å². The summed E-state index contributed by atoms with van der Waals surface area (Å²) < 4.78 is 11.4. The van der Waals surface area contributed by atoms with Crippen molar-refractivity contribution < 1.29 is 13.8 Å². The first-order valence-corrected chi connectivity index (χ1v) is 8.94. The molecule has 1 N–H and O–H groups in total. The van der Waals surface area contributed by atoms with Gasteiger partial charge in [0.25, 0.3) is 0 Å². The first kappa shape index (κ1) is 17.0. The van der Waals surface area contributed by atoms with Crippen molar-refractivity contribution in [3.05, 3.63) is 28.8 Å². The van der Waals surface area contributed by atoms with E-state index in [0.29, 0.717) is 35.1 Å². The molecule has 0 spiro atoms. The molecule has 0 atom stereocenters. The second kappa shape index (κ2) is 7.24. The molecule has 1 heterocycles. The number of benzene rings is 1. The summed E-state index contributed by atoms with van der Waals surface area (Å²) >= 11 is 6.02. The lowest BCUT2D eigenvalue weighted by Crippen LogP contribution is -2.45. The molecule has 120 valence electrons. The van der Waals surface area contributed by atoms with Crippen LogP contribution in [0.5, 0.6) is 0 Å². The third-order valence-electron chi connectivity index (χ3n) is 3.79. The van der Waals surface area contributed by atoms with E-state index in [1.54, 1.807) is 19.2 Å². The third-order valence-corrected chi connectivity index (χ3v) is 5.50. The van der Waals surface area contributed by atoms with Crippen LogP contribution in [0.2, 0.25) is 5.02 Å². The monoisotopic (exact) mass is 342 g/mol. The van der Waals surface area contributed by atoms with Crippen LogP contribution in [0.15, 0.2) is 18.2 Å². The van der Waals surface area contributed by atoms with Gasteiger partial charge in [0, 0.05) is 35.4 Å². The maximum Gasteiger partial charge on any atom is 0.313 e. The van der Waals surface area contributed by atoms with E-state index < -0.39 is 22.6 Å². The van der Waals surface area contributed by atoms with E-state index in [0.717, 1.165) is 5.56 Å². The zero-order valence-corrected chi connectivity index (χ0v) is 14.2. The molecule has 0 unspecified atom stereocenters. The van der Waals surface area contributed by atoms with Crippen LogP contribution < -0.4 is 5.32 Å². The molecule has 2 rings (SSSR count). The van der Waals surface area contributed by atoms with E-state index >= 15 is 0 Å². The minimum absolute atomic E-state index is 0.0380.